The maximum Gasteiger partial charge on any atom is 0.162 e. The Balaban J connectivity index is 1.52. The molecule has 0 unspecified atom stereocenters. The number of fused-ring (bicyclic) bond motifs is 1. The number of carbonyl (C=O) groups excluding carboxylic acids is 1. The Morgan fingerprint density at radius 2 is 1.92 bits per heavy atom. The van der Waals surface area contributed by atoms with E-state index < -0.39 is 6.10 Å². The molecule has 6 heteroatoms. The van der Waals surface area contributed by atoms with Gasteiger partial charge in [-0.3, -0.25) is 4.79 Å². The summed E-state index contributed by atoms with van der Waals surface area (Å²) in [7, 11) is 0. The van der Waals surface area contributed by atoms with Crippen LogP contribution >= 0.6 is 11.8 Å². The van der Waals surface area contributed by atoms with Crippen LogP contribution in [0.5, 0.6) is 5.75 Å². The molecule has 0 bridgehead atoms. The lowest BCUT2D eigenvalue weighted by Crippen LogP contribution is -2.20. The molecule has 0 aliphatic carbocycles. The highest BCUT2D eigenvalue weighted by atomic mass is 32.2. The topological polar surface area (TPSA) is 72.3 Å². The van der Waals surface area contributed by atoms with Gasteiger partial charge in [-0.1, -0.05) is 25.1 Å². The van der Waals surface area contributed by atoms with Gasteiger partial charge in [-0.25, -0.2) is 9.97 Å². The minimum atomic E-state index is -0.634. The second-order valence-corrected chi connectivity index (χ2v) is 6.78. The number of ketones is 1. The molecule has 3 aromatic rings. The summed E-state index contributed by atoms with van der Waals surface area (Å²) < 4.78 is 5.60. The second-order valence-electron chi connectivity index (χ2n) is 5.77. The fraction of sp³-hybridized carbons (Fsp3) is 0.250. The average Bonchev–Trinajstić information content (AvgIpc) is 2.70. The van der Waals surface area contributed by atoms with Crippen molar-refractivity contribution in [2.45, 2.75) is 24.5 Å². The molecule has 0 aliphatic heterocycles. The Morgan fingerprint density at radius 1 is 1.15 bits per heavy atom. The van der Waals surface area contributed by atoms with Crippen molar-refractivity contribution in [1.29, 1.82) is 0 Å². The molecule has 3 rings (SSSR count). The first-order valence-corrected chi connectivity index (χ1v) is 9.42. The molecule has 0 amide bonds. The van der Waals surface area contributed by atoms with E-state index in [1.165, 1.54) is 18.1 Å². The van der Waals surface area contributed by atoms with Crippen LogP contribution in [0, 0.1) is 0 Å². The van der Waals surface area contributed by atoms with Crippen LogP contribution in [0.3, 0.4) is 0 Å². The molecule has 5 nitrogen and oxygen atoms in total. The third-order valence-electron chi connectivity index (χ3n) is 3.86. The summed E-state index contributed by atoms with van der Waals surface area (Å²) >= 11 is 1.48. The molecule has 0 radical (unpaired) electrons. The molecule has 0 saturated carbocycles. The molecule has 1 atom stereocenters. The third kappa shape index (κ3) is 4.59. The minimum absolute atomic E-state index is 0.102. The first-order chi connectivity index (χ1) is 12.7. The van der Waals surface area contributed by atoms with Crippen LogP contribution in [-0.2, 0) is 0 Å². The van der Waals surface area contributed by atoms with Crippen molar-refractivity contribution in [3.05, 3.63) is 60.4 Å². The van der Waals surface area contributed by atoms with Crippen LogP contribution in [-0.4, -0.2) is 39.3 Å². The number of carbonyl (C=O) groups is 1. The second kappa shape index (κ2) is 8.78. The highest BCUT2D eigenvalue weighted by molar-refractivity contribution is 7.99. The van der Waals surface area contributed by atoms with E-state index in [9.17, 15) is 9.90 Å². The van der Waals surface area contributed by atoms with Crippen LogP contribution in [0.15, 0.2) is 59.9 Å². The van der Waals surface area contributed by atoms with E-state index in [4.69, 9.17) is 4.74 Å². The molecule has 134 valence electrons. The number of para-hydroxylation sites is 1. The van der Waals surface area contributed by atoms with E-state index >= 15 is 0 Å². The predicted molar refractivity (Wildman–Crippen MR) is 103 cm³/mol. The number of ether oxygens (including phenoxy) is 1. The Morgan fingerprint density at radius 3 is 2.69 bits per heavy atom. The van der Waals surface area contributed by atoms with Gasteiger partial charge in [-0.15, -0.1) is 11.8 Å². The highest BCUT2D eigenvalue weighted by Gasteiger charge is 2.10. The number of aromatic nitrogens is 2. The van der Waals surface area contributed by atoms with Crippen molar-refractivity contribution in [3.63, 3.8) is 0 Å². The standard InChI is InChI=1S/C20H20N2O3S/c1-2-19(24)14-7-9-16(10-8-14)25-11-15(23)12-26-20-17-5-3-4-6-18(17)21-13-22-20/h3-10,13,15,23H,2,11-12H2,1H3/t15-/m1/s1. The van der Waals surface area contributed by atoms with Gasteiger partial charge in [0, 0.05) is 23.1 Å². The van der Waals surface area contributed by atoms with Gasteiger partial charge in [0.1, 0.15) is 23.7 Å². The van der Waals surface area contributed by atoms with Gasteiger partial charge in [0.05, 0.1) is 11.6 Å². The van der Waals surface area contributed by atoms with E-state index in [0.717, 1.165) is 15.9 Å². The third-order valence-corrected chi connectivity index (χ3v) is 5.01. The Kier molecular flexibility index (Phi) is 6.20. The van der Waals surface area contributed by atoms with Crippen molar-refractivity contribution in [2.75, 3.05) is 12.4 Å². The van der Waals surface area contributed by atoms with Gasteiger partial charge in [0.25, 0.3) is 0 Å². The largest absolute Gasteiger partial charge is 0.491 e. The van der Waals surface area contributed by atoms with Crippen LogP contribution in [0.25, 0.3) is 10.9 Å². The smallest absolute Gasteiger partial charge is 0.162 e. The quantitative estimate of drug-likeness (QED) is 0.371. The van der Waals surface area contributed by atoms with E-state index in [-0.39, 0.29) is 12.4 Å². The number of nitrogens with zero attached hydrogens (tertiary/aromatic N) is 2. The molecule has 0 saturated heterocycles. The minimum Gasteiger partial charge on any atom is -0.491 e. The highest BCUT2D eigenvalue weighted by Crippen LogP contribution is 2.24. The fourth-order valence-corrected chi connectivity index (χ4v) is 3.35. The number of hydrogen-bond donors (Lipinski definition) is 1. The summed E-state index contributed by atoms with van der Waals surface area (Å²) in [6.07, 6.45) is 1.38. The van der Waals surface area contributed by atoms with Crippen LogP contribution in [0.1, 0.15) is 23.7 Å². The zero-order valence-corrected chi connectivity index (χ0v) is 15.3. The van der Waals surface area contributed by atoms with E-state index in [1.54, 1.807) is 24.3 Å². The number of Topliss-reactive ketones (excluding diaryl/α,β-unsaturated/α-hetero) is 1. The molecule has 0 aliphatic rings. The molecule has 1 N–H and O–H groups in total. The van der Waals surface area contributed by atoms with Gasteiger partial charge in [0.15, 0.2) is 5.78 Å². The van der Waals surface area contributed by atoms with Gasteiger partial charge >= 0.3 is 0 Å². The van der Waals surface area contributed by atoms with Crippen molar-refractivity contribution in [3.8, 4) is 5.75 Å². The fourth-order valence-electron chi connectivity index (χ4n) is 2.45. The number of benzene rings is 2. The first-order valence-electron chi connectivity index (χ1n) is 8.44. The number of aliphatic hydroxyl groups excluding tert-OH is 1. The van der Waals surface area contributed by atoms with Crippen molar-refractivity contribution in [1.82, 2.24) is 9.97 Å². The zero-order valence-electron chi connectivity index (χ0n) is 14.5. The molecule has 1 heterocycles. The summed E-state index contributed by atoms with van der Waals surface area (Å²) in [6.45, 7) is 2.01. The maximum atomic E-state index is 11.6. The monoisotopic (exact) mass is 368 g/mol. The SMILES string of the molecule is CCC(=O)c1ccc(OC[C@@H](O)CSc2ncnc3ccccc23)cc1. The molecule has 26 heavy (non-hydrogen) atoms. The number of thioether (sulfide) groups is 1. The first kappa shape index (κ1) is 18.4. The molecule has 2 aromatic carbocycles. The van der Waals surface area contributed by atoms with Crippen LogP contribution in [0.4, 0.5) is 0 Å². The summed E-state index contributed by atoms with van der Waals surface area (Å²) in [4.78, 5) is 20.1. The van der Waals surface area contributed by atoms with Gasteiger partial charge in [0.2, 0.25) is 0 Å². The molecule has 0 fully saturated rings. The van der Waals surface area contributed by atoms with Crippen molar-refractivity contribution in [2.24, 2.45) is 0 Å². The summed E-state index contributed by atoms with van der Waals surface area (Å²) in [5, 5.41) is 12.0. The van der Waals surface area contributed by atoms with Gasteiger partial charge < -0.3 is 9.84 Å². The lowest BCUT2D eigenvalue weighted by atomic mass is 10.1. The predicted octanol–water partition coefficient (Wildman–Crippen LogP) is 3.75. The van der Waals surface area contributed by atoms with Gasteiger partial charge in [-0.2, -0.15) is 0 Å². The maximum absolute atomic E-state index is 11.6. The van der Waals surface area contributed by atoms with E-state index in [2.05, 4.69) is 9.97 Å². The van der Waals surface area contributed by atoms with Crippen molar-refractivity contribution >= 4 is 28.4 Å². The lowest BCUT2D eigenvalue weighted by molar-refractivity contribution is 0.0987. The number of hydrogen-bond acceptors (Lipinski definition) is 6. The Hall–Kier alpha value is -2.44. The molecule has 0 spiro atoms. The summed E-state index contributed by atoms with van der Waals surface area (Å²) in [5.74, 6) is 1.20. The number of rotatable bonds is 8. The molecular formula is C20H20N2O3S. The Labute approximate surface area is 156 Å². The summed E-state index contributed by atoms with van der Waals surface area (Å²) in [5.41, 5.74) is 1.56. The van der Waals surface area contributed by atoms with Crippen LogP contribution < -0.4 is 4.74 Å². The van der Waals surface area contributed by atoms with Crippen LogP contribution in [0.2, 0.25) is 0 Å². The summed E-state index contributed by atoms with van der Waals surface area (Å²) in [6, 6.07) is 14.8. The van der Waals surface area contributed by atoms with Gasteiger partial charge in [-0.05, 0) is 30.3 Å². The molecule has 1 aromatic heterocycles. The normalized spacial score (nSPS) is 12.1. The van der Waals surface area contributed by atoms with E-state index in [1.807, 2.05) is 31.2 Å². The zero-order chi connectivity index (χ0) is 18.4. The number of aliphatic hydroxyl groups is 1. The molecular weight excluding hydrogens is 348 g/mol. The Bertz CT molecular complexity index is 878. The van der Waals surface area contributed by atoms with Crippen molar-refractivity contribution < 1.29 is 14.6 Å². The average molecular weight is 368 g/mol. The lowest BCUT2D eigenvalue weighted by Gasteiger charge is -2.12. The van der Waals surface area contributed by atoms with E-state index in [0.29, 0.717) is 23.5 Å².